The Morgan fingerprint density at radius 1 is 1.25 bits per heavy atom. The zero-order valence-electron chi connectivity index (χ0n) is 17.7. The van der Waals surface area contributed by atoms with E-state index >= 15 is 0 Å². The Hall–Kier alpha value is -3.46. The number of benzene rings is 2. The molecule has 32 heavy (non-hydrogen) atoms. The number of hydrogen-bond acceptors (Lipinski definition) is 6. The first kappa shape index (κ1) is 20.4. The third-order valence-electron chi connectivity index (χ3n) is 6.19. The maximum Gasteiger partial charge on any atom is 0.325 e. The Morgan fingerprint density at radius 2 is 2.00 bits per heavy atom. The zero-order chi connectivity index (χ0) is 22.5. The molecule has 0 radical (unpaired) electrons. The summed E-state index contributed by atoms with van der Waals surface area (Å²) in [6.07, 6.45) is 0.317. The molecule has 0 bridgehead atoms. The molecule has 1 spiro atoms. The van der Waals surface area contributed by atoms with Crippen LogP contribution < -0.4 is 10.1 Å². The Balaban J connectivity index is 1.35. The molecule has 0 saturated carbocycles. The number of nitrogens with zero attached hydrogens (tertiary/aromatic N) is 3. The highest BCUT2D eigenvalue weighted by Gasteiger charge is 2.55. The number of imide groups is 1. The van der Waals surface area contributed by atoms with Crippen LogP contribution in [0.4, 0.5) is 4.79 Å². The Bertz CT molecular complexity index is 1210. The van der Waals surface area contributed by atoms with Gasteiger partial charge in [0.1, 0.15) is 17.3 Å². The maximum atomic E-state index is 13.4. The summed E-state index contributed by atoms with van der Waals surface area (Å²) in [5, 5.41) is 3.62. The molecule has 8 nitrogen and oxygen atoms in total. The van der Waals surface area contributed by atoms with Crippen LogP contribution in [-0.4, -0.2) is 52.8 Å². The quantitative estimate of drug-likeness (QED) is 0.617. The standard InChI is InChI=1S/C23H22N4O4S/c1-14(20-24-16-8-4-6-10-18(16)32-20)26(2)19(28)13-27-21(29)23(25-22(27)30)11-12-31-17-9-5-3-7-15(17)23/h3-10,14H,11-13H2,1-2H3,(H,25,30)/t14-,23-/m0/s1. The minimum Gasteiger partial charge on any atom is -0.493 e. The van der Waals surface area contributed by atoms with Crippen LogP contribution in [-0.2, 0) is 15.1 Å². The van der Waals surface area contributed by atoms with Gasteiger partial charge in [0.05, 0.1) is 22.9 Å². The fourth-order valence-electron chi connectivity index (χ4n) is 4.21. The third kappa shape index (κ3) is 3.12. The number of fused-ring (bicyclic) bond motifs is 3. The van der Waals surface area contributed by atoms with Crippen LogP contribution in [0.15, 0.2) is 48.5 Å². The van der Waals surface area contributed by atoms with Gasteiger partial charge in [-0.1, -0.05) is 30.3 Å². The Morgan fingerprint density at radius 3 is 2.81 bits per heavy atom. The van der Waals surface area contributed by atoms with E-state index in [1.165, 1.54) is 16.2 Å². The lowest BCUT2D eigenvalue weighted by Crippen LogP contribution is -2.48. The molecule has 2 aromatic carbocycles. The third-order valence-corrected chi connectivity index (χ3v) is 7.40. The van der Waals surface area contributed by atoms with Crippen molar-refractivity contribution in [3.8, 4) is 5.75 Å². The summed E-state index contributed by atoms with van der Waals surface area (Å²) in [5.41, 5.74) is 0.314. The first-order chi connectivity index (χ1) is 15.4. The second kappa shape index (κ2) is 7.59. The number of ether oxygens (including phenoxy) is 1. The van der Waals surface area contributed by atoms with Crippen LogP contribution in [0, 0.1) is 0 Å². The lowest BCUT2D eigenvalue weighted by Gasteiger charge is -2.33. The molecular weight excluding hydrogens is 428 g/mol. The molecule has 1 saturated heterocycles. The van der Waals surface area contributed by atoms with Gasteiger partial charge in [0.2, 0.25) is 5.91 Å². The smallest absolute Gasteiger partial charge is 0.325 e. The van der Waals surface area contributed by atoms with Gasteiger partial charge in [0.25, 0.3) is 5.91 Å². The molecule has 2 atom stereocenters. The molecular formula is C23H22N4O4S. The number of urea groups is 1. The zero-order valence-corrected chi connectivity index (χ0v) is 18.5. The summed E-state index contributed by atoms with van der Waals surface area (Å²) in [7, 11) is 1.66. The van der Waals surface area contributed by atoms with Crippen LogP contribution >= 0.6 is 11.3 Å². The minimum atomic E-state index is -1.19. The van der Waals surface area contributed by atoms with Crippen molar-refractivity contribution in [1.29, 1.82) is 0 Å². The van der Waals surface area contributed by atoms with Crippen molar-refractivity contribution in [3.63, 3.8) is 0 Å². The van der Waals surface area contributed by atoms with E-state index in [9.17, 15) is 14.4 Å². The molecule has 2 aliphatic heterocycles. The number of amides is 4. The highest BCUT2D eigenvalue weighted by Crippen LogP contribution is 2.41. The normalized spacial score (nSPS) is 20.8. The van der Waals surface area contributed by atoms with Crippen molar-refractivity contribution >= 4 is 39.4 Å². The number of carbonyl (C=O) groups excluding carboxylic acids is 3. The van der Waals surface area contributed by atoms with Crippen molar-refractivity contribution in [2.24, 2.45) is 0 Å². The van der Waals surface area contributed by atoms with Crippen LogP contribution in [0.3, 0.4) is 0 Å². The lowest BCUT2D eigenvalue weighted by molar-refractivity contribution is -0.140. The fraction of sp³-hybridized carbons (Fsp3) is 0.304. The molecule has 164 valence electrons. The average Bonchev–Trinajstić information content (AvgIpc) is 3.34. The summed E-state index contributed by atoms with van der Waals surface area (Å²) in [6, 6.07) is 14.1. The molecule has 3 heterocycles. The number of para-hydroxylation sites is 2. The fourth-order valence-corrected chi connectivity index (χ4v) is 5.28. The van der Waals surface area contributed by atoms with Crippen LogP contribution in [0.2, 0.25) is 0 Å². The van der Waals surface area contributed by atoms with Crippen LogP contribution in [0.25, 0.3) is 10.2 Å². The van der Waals surface area contributed by atoms with E-state index < -0.39 is 17.5 Å². The molecule has 2 aliphatic rings. The Labute approximate surface area is 188 Å². The van der Waals surface area contributed by atoms with Crippen molar-refractivity contribution in [3.05, 3.63) is 59.1 Å². The SMILES string of the molecule is C[C@@H](c1nc2ccccc2s1)N(C)C(=O)CN1C(=O)N[C@]2(CCOc3ccccc32)C1=O. The van der Waals surface area contributed by atoms with E-state index in [-0.39, 0.29) is 18.5 Å². The van der Waals surface area contributed by atoms with Gasteiger partial charge in [-0.3, -0.25) is 14.5 Å². The predicted molar refractivity (Wildman–Crippen MR) is 119 cm³/mol. The van der Waals surface area contributed by atoms with Gasteiger partial charge in [-0.25, -0.2) is 9.78 Å². The topological polar surface area (TPSA) is 91.8 Å². The van der Waals surface area contributed by atoms with Gasteiger partial charge in [-0.15, -0.1) is 11.3 Å². The first-order valence-electron chi connectivity index (χ1n) is 10.4. The Kier molecular flexibility index (Phi) is 4.85. The van der Waals surface area contributed by atoms with Gasteiger partial charge < -0.3 is 15.0 Å². The monoisotopic (exact) mass is 450 g/mol. The molecule has 1 fully saturated rings. The van der Waals surface area contributed by atoms with E-state index in [1.807, 2.05) is 37.3 Å². The summed E-state index contributed by atoms with van der Waals surface area (Å²) in [5.74, 6) is -0.188. The summed E-state index contributed by atoms with van der Waals surface area (Å²) in [4.78, 5) is 46.3. The maximum absolute atomic E-state index is 13.4. The number of hydrogen-bond donors (Lipinski definition) is 1. The van der Waals surface area contributed by atoms with Crippen LogP contribution in [0.1, 0.15) is 30.0 Å². The van der Waals surface area contributed by atoms with Gasteiger partial charge in [0.15, 0.2) is 5.54 Å². The van der Waals surface area contributed by atoms with Crippen molar-refractivity contribution in [2.75, 3.05) is 20.2 Å². The average molecular weight is 451 g/mol. The highest BCUT2D eigenvalue weighted by atomic mass is 32.1. The molecule has 1 N–H and O–H groups in total. The van der Waals surface area contributed by atoms with E-state index in [0.717, 1.165) is 20.1 Å². The molecule has 0 unspecified atom stereocenters. The lowest BCUT2D eigenvalue weighted by atomic mass is 9.84. The van der Waals surface area contributed by atoms with Gasteiger partial charge in [-0.05, 0) is 25.1 Å². The number of thiazole rings is 1. The highest BCUT2D eigenvalue weighted by molar-refractivity contribution is 7.18. The summed E-state index contributed by atoms with van der Waals surface area (Å²) in [6.45, 7) is 1.86. The largest absolute Gasteiger partial charge is 0.493 e. The molecule has 5 rings (SSSR count). The van der Waals surface area contributed by atoms with Crippen molar-refractivity contribution in [1.82, 2.24) is 20.1 Å². The molecule has 4 amide bonds. The predicted octanol–water partition coefficient (Wildman–Crippen LogP) is 3.05. The second-order valence-electron chi connectivity index (χ2n) is 8.02. The van der Waals surface area contributed by atoms with E-state index in [0.29, 0.717) is 24.3 Å². The summed E-state index contributed by atoms with van der Waals surface area (Å²) >= 11 is 1.53. The van der Waals surface area contributed by atoms with Crippen LogP contribution in [0.5, 0.6) is 5.75 Å². The molecule has 0 aliphatic carbocycles. The van der Waals surface area contributed by atoms with E-state index in [2.05, 4.69) is 10.3 Å². The molecule has 1 aromatic heterocycles. The van der Waals surface area contributed by atoms with E-state index in [4.69, 9.17) is 4.74 Å². The second-order valence-corrected chi connectivity index (χ2v) is 9.08. The molecule has 3 aromatic rings. The molecule has 9 heteroatoms. The minimum absolute atomic E-state index is 0.293. The van der Waals surface area contributed by atoms with Crippen molar-refractivity contribution < 1.29 is 19.1 Å². The summed E-state index contributed by atoms with van der Waals surface area (Å²) < 4.78 is 6.70. The van der Waals surface area contributed by atoms with Crippen molar-refractivity contribution in [2.45, 2.75) is 24.9 Å². The number of carbonyl (C=O) groups is 3. The van der Waals surface area contributed by atoms with E-state index in [1.54, 1.807) is 25.2 Å². The number of rotatable bonds is 4. The number of aromatic nitrogens is 1. The van der Waals surface area contributed by atoms with Gasteiger partial charge in [0, 0.05) is 19.0 Å². The first-order valence-corrected chi connectivity index (χ1v) is 11.2. The van der Waals surface area contributed by atoms with Gasteiger partial charge in [-0.2, -0.15) is 0 Å². The number of likely N-dealkylation sites (N-methyl/N-ethyl adjacent to an activating group) is 1. The van der Waals surface area contributed by atoms with Gasteiger partial charge >= 0.3 is 6.03 Å². The number of nitrogens with one attached hydrogen (secondary N) is 1.